The number of aryl methyl sites for hydroxylation is 2. The lowest BCUT2D eigenvalue weighted by Gasteiger charge is -2.33. The summed E-state index contributed by atoms with van der Waals surface area (Å²) in [6.45, 7) is 4.35. The SMILES string of the molecule is COc1ccc(C2Nn3c(C)nnc3SC2C(=O)NCc2ccc(C)cc2)cc1Cl. The van der Waals surface area contributed by atoms with Crippen LogP contribution < -0.4 is 15.5 Å². The van der Waals surface area contributed by atoms with E-state index in [9.17, 15) is 4.79 Å². The summed E-state index contributed by atoms with van der Waals surface area (Å²) in [5, 5.41) is 12.0. The highest BCUT2D eigenvalue weighted by Gasteiger charge is 2.37. The quantitative estimate of drug-likeness (QED) is 0.626. The summed E-state index contributed by atoms with van der Waals surface area (Å²) in [5.41, 5.74) is 6.48. The fourth-order valence-corrected chi connectivity index (χ4v) is 4.70. The zero-order valence-electron chi connectivity index (χ0n) is 16.8. The van der Waals surface area contributed by atoms with Gasteiger partial charge >= 0.3 is 0 Å². The van der Waals surface area contributed by atoms with Crippen molar-refractivity contribution in [2.24, 2.45) is 0 Å². The molecule has 2 N–H and O–H groups in total. The highest BCUT2D eigenvalue weighted by Crippen LogP contribution is 2.38. The zero-order chi connectivity index (χ0) is 21.3. The molecule has 2 heterocycles. The van der Waals surface area contributed by atoms with Crippen molar-refractivity contribution in [1.29, 1.82) is 0 Å². The summed E-state index contributed by atoms with van der Waals surface area (Å²) >= 11 is 7.73. The largest absolute Gasteiger partial charge is 0.495 e. The van der Waals surface area contributed by atoms with Crippen LogP contribution in [0.4, 0.5) is 0 Å². The minimum atomic E-state index is -0.448. The third-order valence-electron chi connectivity index (χ3n) is 4.98. The number of nitrogens with one attached hydrogen (secondary N) is 2. The molecule has 0 saturated heterocycles. The molecular formula is C21H22ClN5O2S. The van der Waals surface area contributed by atoms with E-state index >= 15 is 0 Å². The van der Waals surface area contributed by atoms with Crippen LogP contribution in [0.1, 0.15) is 28.6 Å². The number of thioether (sulfide) groups is 1. The van der Waals surface area contributed by atoms with Crippen LogP contribution in [0.15, 0.2) is 47.6 Å². The number of amides is 1. The molecular weight excluding hydrogens is 422 g/mol. The minimum Gasteiger partial charge on any atom is -0.495 e. The van der Waals surface area contributed by atoms with Crippen LogP contribution in [0.5, 0.6) is 5.75 Å². The van der Waals surface area contributed by atoms with E-state index in [2.05, 4.69) is 20.9 Å². The summed E-state index contributed by atoms with van der Waals surface area (Å²) in [7, 11) is 1.57. The molecule has 2 atom stereocenters. The third-order valence-corrected chi connectivity index (χ3v) is 6.49. The van der Waals surface area contributed by atoms with Crippen LogP contribution in [0.25, 0.3) is 0 Å². The molecule has 0 fully saturated rings. The molecule has 156 valence electrons. The van der Waals surface area contributed by atoms with Crippen molar-refractivity contribution in [3.05, 3.63) is 70.0 Å². The molecule has 0 bridgehead atoms. The van der Waals surface area contributed by atoms with Gasteiger partial charge in [-0.1, -0.05) is 59.3 Å². The first-order valence-electron chi connectivity index (χ1n) is 9.48. The number of nitrogens with zero attached hydrogens (tertiary/aromatic N) is 3. The molecule has 1 aliphatic heterocycles. The van der Waals surface area contributed by atoms with E-state index in [1.807, 2.05) is 50.2 Å². The van der Waals surface area contributed by atoms with Crippen molar-refractivity contribution in [2.75, 3.05) is 12.5 Å². The first kappa shape index (κ1) is 20.6. The van der Waals surface area contributed by atoms with E-state index in [4.69, 9.17) is 16.3 Å². The lowest BCUT2D eigenvalue weighted by Crippen LogP contribution is -2.44. The van der Waals surface area contributed by atoms with Gasteiger partial charge in [-0.25, -0.2) is 4.68 Å². The fourth-order valence-electron chi connectivity index (χ4n) is 3.28. The number of rotatable bonds is 5. The summed E-state index contributed by atoms with van der Waals surface area (Å²) in [4.78, 5) is 13.2. The molecule has 7 nitrogen and oxygen atoms in total. The van der Waals surface area contributed by atoms with E-state index in [0.29, 0.717) is 22.5 Å². The molecule has 0 saturated carbocycles. The number of carbonyl (C=O) groups is 1. The van der Waals surface area contributed by atoms with Gasteiger partial charge in [0.25, 0.3) is 0 Å². The standard InChI is InChI=1S/C21H22ClN5O2S/c1-12-4-6-14(7-5-12)11-23-20(28)19-18(15-8-9-17(29-3)16(22)10-15)26-27-13(2)24-25-21(27)30-19/h4-10,18-19,26H,11H2,1-3H3,(H,23,28). The van der Waals surface area contributed by atoms with E-state index in [1.165, 1.54) is 17.3 Å². The van der Waals surface area contributed by atoms with Crippen molar-refractivity contribution in [1.82, 2.24) is 20.2 Å². The van der Waals surface area contributed by atoms with Gasteiger partial charge in [-0.2, -0.15) is 0 Å². The van der Waals surface area contributed by atoms with Crippen molar-refractivity contribution in [2.45, 2.75) is 36.8 Å². The first-order chi connectivity index (χ1) is 14.5. The number of aromatic nitrogens is 3. The molecule has 0 aliphatic carbocycles. The second kappa shape index (κ2) is 8.57. The average molecular weight is 444 g/mol. The molecule has 0 spiro atoms. The number of carbonyl (C=O) groups excluding carboxylic acids is 1. The molecule has 2 unspecified atom stereocenters. The van der Waals surface area contributed by atoms with Crippen LogP contribution in [-0.2, 0) is 11.3 Å². The number of ether oxygens (including phenoxy) is 1. The van der Waals surface area contributed by atoms with Crippen LogP contribution in [0.2, 0.25) is 5.02 Å². The van der Waals surface area contributed by atoms with Gasteiger partial charge in [-0.15, -0.1) is 10.2 Å². The van der Waals surface area contributed by atoms with E-state index in [1.54, 1.807) is 17.9 Å². The van der Waals surface area contributed by atoms with Crippen LogP contribution in [-0.4, -0.2) is 33.1 Å². The Morgan fingerprint density at radius 1 is 1.23 bits per heavy atom. The minimum absolute atomic E-state index is 0.0862. The normalized spacial score (nSPS) is 17.7. The molecule has 1 aromatic heterocycles. The Labute approximate surface area is 184 Å². The van der Waals surface area contributed by atoms with Gasteiger partial charge in [-0.3, -0.25) is 4.79 Å². The Balaban J connectivity index is 1.60. The highest BCUT2D eigenvalue weighted by atomic mass is 35.5. The van der Waals surface area contributed by atoms with E-state index < -0.39 is 5.25 Å². The van der Waals surface area contributed by atoms with Gasteiger partial charge < -0.3 is 15.5 Å². The predicted octanol–water partition coefficient (Wildman–Crippen LogP) is 3.63. The number of hydrogen-bond acceptors (Lipinski definition) is 6. The monoisotopic (exact) mass is 443 g/mol. The first-order valence-corrected chi connectivity index (χ1v) is 10.7. The number of hydrogen-bond donors (Lipinski definition) is 2. The van der Waals surface area contributed by atoms with Crippen LogP contribution >= 0.6 is 23.4 Å². The number of benzene rings is 2. The Morgan fingerprint density at radius 3 is 2.70 bits per heavy atom. The van der Waals surface area contributed by atoms with E-state index in [-0.39, 0.29) is 11.9 Å². The van der Waals surface area contributed by atoms with Crippen molar-refractivity contribution in [3.63, 3.8) is 0 Å². The van der Waals surface area contributed by atoms with Gasteiger partial charge in [0.1, 0.15) is 16.8 Å². The van der Waals surface area contributed by atoms with Gasteiger partial charge in [0.15, 0.2) is 0 Å². The fraction of sp³-hybridized carbons (Fsp3) is 0.286. The lowest BCUT2D eigenvalue weighted by molar-refractivity contribution is -0.121. The van der Waals surface area contributed by atoms with Crippen molar-refractivity contribution >= 4 is 29.3 Å². The number of halogens is 1. The second-order valence-corrected chi connectivity index (χ2v) is 8.62. The van der Waals surface area contributed by atoms with Gasteiger partial charge in [-0.05, 0) is 37.1 Å². The van der Waals surface area contributed by atoms with Crippen molar-refractivity contribution < 1.29 is 9.53 Å². The second-order valence-electron chi connectivity index (χ2n) is 7.11. The molecule has 9 heteroatoms. The topological polar surface area (TPSA) is 81.1 Å². The number of methoxy groups -OCH3 is 1. The van der Waals surface area contributed by atoms with Gasteiger partial charge in [0, 0.05) is 6.54 Å². The van der Waals surface area contributed by atoms with Gasteiger partial charge in [0.05, 0.1) is 18.2 Å². The Bertz CT molecular complexity index is 1070. The predicted molar refractivity (Wildman–Crippen MR) is 118 cm³/mol. The van der Waals surface area contributed by atoms with Crippen LogP contribution in [0, 0.1) is 13.8 Å². The Hall–Kier alpha value is -2.71. The Morgan fingerprint density at radius 2 is 2.00 bits per heavy atom. The number of fused-ring (bicyclic) bond motifs is 1. The molecule has 1 aliphatic rings. The van der Waals surface area contributed by atoms with E-state index in [0.717, 1.165) is 17.0 Å². The molecule has 1 amide bonds. The Kier molecular flexibility index (Phi) is 5.87. The summed E-state index contributed by atoms with van der Waals surface area (Å²) < 4.78 is 7.06. The molecule has 3 aromatic rings. The molecule has 30 heavy (non-hydrogen) atoms. The molecule has 0 radical (unpaired) electrons. The summed E-state index contributed by atoms with van der Waals surface area (Å²) in [6.07, 6.45) is 0. The van der Waals surface area contributed by atoms with Crippen LogP contribution in [0.3, 0.4) is 0 Å². The van der Waals surface area contributed by atoms with Crippen molar-refractivity contribution in [3.8, 4) is 5.75 Å². The maximum absolute atomic E-state index is 13.2. The third kappa shape index (κ3) is 4.11. The summed E-state index contributed by atoms with van der Waals surface area (Å²) in [5.74, 6) is 1.22. The maximum Gasteiger partial charge on any atom is 0.236 e. The van der Waals surface area contributed by atoms with Gasteiger partial charge in [0.2, 0.25) is 11.1 Å². The average Bonchev–Trinajstić information content (AvgIpc) is 3.12. The molecule has 4 rings (SSSR count). The highest BCUT2D eigenvalue weighted by molar-refractivity contribution is 8.00. The smallest absolute Gasteiger partial charge is 0.236 e. The zero-order valence-corrected chi connectivity index (χ0v) is 18.4. The summed E-state index contributed by atoms with van der Waals surface area (Å²) in [6, 6.07) is 13.3. The maximum atomic E-state index is 13.2. The lowest BCUT2D eigenvalue weighted by atomic mass is 10.0. The molecule has 2 aromatic carbocycles.